The van der Waals surface area contributed by atoms with E-state index in [0.29, 0.717) is 22.1 Å². The molecule has 4 aromatic rings. The largest absolute Gasteiger partial charge is 0.358 e. The van der Waals surface area contributed by atoms with Crippen LogP contribution in [0, 0.1) is 12.7 Å². The van der Waals surface area contributed by atoms with Gasteiger partial charge in [-0.2, -0.15) is 0 Å². The highest BCUT2D eigenvalue weighted by molar-refractivity contribution is 8.00. The van der Waals surface area contributed by atoms with Gasteiger partial charge < -0.3 is 4.98 Å². The maximum absolute atomic E-state index is 13.9. The fraction of sp³-hybridized carbons (Fsp3) is 0.150. The first kappa shape index (κ1) is 17.5. The van der Waals surface area contributed by atoms with Gasteiger partial charge in [0.15, 0.2) is 11.6 Å². The minimum atomic E-state index is -0.382. The molecule has 2 N–H and O–H groups in total. The van der Waals surface area contributed by atoms with Crippen LogP contribution < -0.4 is 0 Å². The molecule has 2 aromatic carbocycles. The maximum atomic E-state index is 13.9. The summed E-state index contributed by atoms with van der Waals surface area (Å²) >= 11 is 1.25. The van der Waals surface area contributed by atoms with E-state index in [1.807, 2.05) is 38.1 Å². The van der Waals surface area contributed by atoms with E-state index in [1.165, 1.54) is 17.8 Å². The number of thioether (sulfide) groups is 1. The maximum Gasteiger partial charge on any atom is 0.209 e. The van der Waals surface area contributed by atoms with E-state index < -0.39 is 0 Å². The first-order valence-corrected chi connectivity index (χ1v) is 9.38. The molecular weight excluding hydrogens is 363 g/mol. The van der Waals surface area contributed by atoms with Gasteiger partial charge in [0.25, 0.3) is 0 Å². The number of nitrogens with zero attached hydrogens (tertiary/aromatic N) is 2. The van der Waals surface area contributed by atoms with Crippen LogP contribution in [0.1, 0.15) is 23.0 Å². The van der Waals surface area contributed by atoms with E-state index in [0.717, 1.165) is 16.6 Å². The second kappa shape index (κ2) is 7.00. The van der Waals surface area contributed by atoms with Crippen molar-refractivity contribution in [2.45, 2.75) is 24.3 Å². The van der Waals surface area contributed by atoms with Gasteiger partial charge >= 0.3 is 0 Å². The summed E-state index contributed by atoms with van der Waals surface area (Å²) in [5.41, 5.74) is 2.82. The lowest BCUT2D eigenvalue weighted by atomic mass is 10.1. The summed E-state index contributed by atoms with van der Waals surface area (Å²) in [6.45, 7) is 3.72. The van der Waals surface area contributed by atoms with Crippen LogP contribution in [-0.2, 0) is 0 Å². The number of aryl methyl sites for hydroxylation is 1. The van der Waals surface area contributed by atoms with Crippen molar-refractivity contribution in [2.75, 3.05) is 0 Å². The number of hydrogen-bond donors (Lipinski definition) is 2. The fourth-order valence-electron chi connectivity index (χ4n) is 3.08. The molecule has 0 saturated heterocycles. The normalized spacial score (nSPS) is 12.4. The molecule has 7 heteroatoms. The topological polar surface area (TPSA) is 74.4 Å². The molecule has 0 fully saturated rings. The summed E-state index contributed by atoms with van der Waals surface area (Å²) in [7, 11) is 0. The summed E-state index contributed by atoms with van der Waals surface area (Å²) in [6.07, 6.45) is 0. The first-order chi connectivity index (χ1) is 13.0. The van der Waals surface area contributed by atoms with Crippen molar-refractivity contribution < 1.29 is 9.18 Å². The molecule has 0 aliphatic carbocycles. The molecule has 0 aliphatic heterocycles. The Balaban J connectivity index is 1.57. The molecule has 2 aromatic heterocycles. The highest BCUT2D eigenvalue weighted by atomic mass is 32.2. The van der Waals surface area contributed by atoms with Crippen LogP contribution in [0.3, 0.4) is 0 Å². The van der Waals surface area contributed by atoms with Gasteiger partial charge in [-0.3, -0.25) is 9.89 Å². The molecule has 0 spiro atoms. The summed E-state index contributed by atoms with van der Waals surface area (Å²) < 4.78 is 13.9. The molecule has 0 amide bonds. The molecule has 2 heterocycles. The van der Waals surface area contributed by atoms with Gasteiger partial charge in [-0.1, -0.05) is 42.1 Å². The summed E-state index contributed by atoms with van der Waals surface area (Å²) in [5.74, 6) is -0.0190. The zero-order valence-electron chi connectivity index (χ0n) is 14.8. The lowest BCUT2D eigenvalue weighted by Crippen LogP contribution is -2.14. The molecule has 1 unspecified atom stereocenters. The Morgan fingerprint density at radius 1 is 1.15 bits per heavy atom. The number of carbonyl (C=O) groups excluding carboxylic acids is 1. The zero-order chi connectivity index (χ0) is 19.0. The number of halogens is 1. The minimum Gasteiger partial charge on any atom is -0.358 e. The van der Waals surface area contributed by atoms with Crippen LogP contribution in [0.5, 0.6) is 0 Å². The number of aromatic nitrogens is 4. The van der Waals surface area contributed by atoms with Crippen LogP contribution in [-0.4, -0.2) is 31.2 Å². The number of benzene rings is 2. The van der Waals surface area contributed by atoms with E-state index >= 15 is 0 Å². The predicted molar refractivity (Wildman–Crippen MR) is 104 cm³/mol. The van der Waals surface area contributed by atoms with Crippen molar-refractivity contribution in [1.82, 2.24) is 20.2 Å². The van der Waals surface area contributed by atoms with Gasteiger partial charge in [-0.25, -0.2) is 9.37 Å². The van der Waals surface area contributed by atoms with Crippen molar-refractivity contribution in [2.24, 2.45) is 0 Å². The van der Waals surface area contributed by atoms with Crippen molar-refractivity contribution >= 4 is 28.4 Å². The molecule has 1 atom stereocenters. The predicted octanol–water partition coefficient (Wildman–Crippen LogP) is 4.76. The van der Waals surface area contributed by atoms with Crippen molar-refractivity contribution in [3.05, 3.63) is 65.6 Å². The second-order valence-electron chi connectivity index (χ2n) is 6.24. The third kappa shape index (κ3) is 3.26. The Bertz CT molecular complexity index is 1130. The average molecular weight is 380 g/mol. The van der Waals surface area contributed by atoms with Gasteiger partial charge in [-0.05, 0) is 32.0 Å². The lowest BCUT2D eigenvalue weighted by Gasteiger charge is -2.08. The van der Waals surface area contributed by atoms with Crippen LogP contribution in [0.25, 0.3) is 22.3 Å². The second-order valence-corrected chi connectivity index (χ2v) is 7.55. The number of rotatable bonds is 5. The zero-order valence-corrected chi connectivity index (χ0v) is 15.6. The van der Waals surface area contributed by atoms with Crippen LogP contribution >= 0.6 is 11.8 Å². The molecular formula is C20H17FN4OS. The van der Waals surface area contributed by atoms with Crippen LogP contribution in [0.15, 0.2) is 53.7 Å². The molecule has 27 heavy (non-hydrogen) atoms. The van der Waals surface area contributed by atoms with E-state index in [1.54, 1.807) is 18.2 Å². The third-order valence-corrected chi connectivity index (χ3v) is 5.35. The molecule has 5 nitrogen and oxygen atoms in total. The Labute approximate surface area is 159 Å². The number of ketones is 1. The Hall–Kier alpha value is -2.93. The van der Waals surface area contributed by atoms with Gasteiger partial charge in [0.2, 0.25) is 5.16 Å². The highest BCUT2D eigenvalue weighted by Gasteiger charge is 2.24. The molecule has 4 rings (SSSR count). The number of para-hydroxylation sites is 1. The van der Waals surface area contributed by atoms with Crippen molar-refractivity contribution in [3.63, 3.8) is 0 Å². The van der Waals surface area contributed by atoms with Gasteiger partial charge in [0, 0.05) is 22.2 Å². The van der Waals surface area contributed by atoms with E-state index in [9.17, 15) is 9.18 Å². The number of H-pyrrole nitrogens is 2. The quantitative estimate of drug-likeness (QED) is 0.386. The fourth-order valence-corrected chi connectivity index (χ4v) is 3.87. The highest BCUT2D eigenvalue weighted by Crippen LogP contribution is 2.29. The van der Waals surface area contributed by atoms with Crippen LogP contribution in [0.2, 0.25) is 0 Å². The average Bonchev–Trinajstić information content (AvgIpc) is 3.25. The monoisotopic (exact) mass is 380 g/mol. The van der Waals surface area contributed by atoms with Crippen LogP contribution in [0.4, 0.5) is 4.39 Å². The van der Waals surface area contributed by atoms with Crippen molar-refractivity contribution in [3.8, 4) is 11.4 Å². The third-order valence-electron chi connectivity index (χ3n) is 4.39. The molecule has 0 saturated carbocycles. The van der Waals surface area contributed by atoms with Gasteiger partial charge in [-0.15, -0.1) is 5.10 Å². The van der Waals surface area contributed by atoms with E-state index in [-0.39, 0.29) is 16.9 Å². The molecule has 0 aliphatic rings. The smallest absolute Gasteiger partial charge is 0.209 e. The molecule has 136 valence electrons. The summed E-state index contributed by atoms with van der Waals surface area (Å²) in [5, 5.41) is 7.80. The number of hydrogen-bond acceptors (Lipinski definition) is 4. The lowest BCUT2D eigenvalue weighted by molar-refractivity contribution is 0.0995. The summed E-state index contributed by atoms with van der Waals surface area (Å²) in [6, 6.07) is 14.1. The van der Waals surface area contributed by atoms with Crippen molar-refractivity contribution in [1.29, 1.82) is 0 Å². The van der Waals surface area contributed by atoms with E-state index in [2.05, 4.69) is 20.2 Å². The molecule has 0 bridgehead atoms. The SMILES string of the molecule is Cc1[nH]c2ccccc2c1C(=O)C(C)Sc1n[nH]c(-c2ccccc2F)n1. The Kier molecular flexibility index (Phi) is 4.53. The Morgan fingerprint density at radius 3 is 2.70 bits per heavy atom. The number of nitrogens with one attached hydrogen (secondary N) is 2. The number of aromatic amines is 2. The standard InChI is InChI=1S/C20H17FN4OS/c1-11-17(14-8-4-6-10-16(14)22-11)18(26)12(2)27-20-23-19(24-25-20)13-7-3-5-9-15(13)21/h3-10,12,22H,1-2H3,(H,23,24,25). The van der Waals surface area contributed by atoms with Gasteiger partial charge in [0.1, 0.15) is 5.82 Å². The molecule has 0 radical (unpaired) electrons. The number of Topliss-reactive ketones (excluding diaryl/α,β-unsaturated/α-hetero) is 1. The van der Waals surface area contributed by atoms with E-state index in [4.69, 9.17) is 0 Å². The summed E-state index contributed by atoms with van der Waals surface area (Å²) in [4.78, 5) is 20.6. The number of carbonyl (C=O) groups is 1. The number of fused-ring (bicyclic) bond motifs is 1. The minimum absolute atomic E-state index is 0.00666. The van der Waals surface area contributed by atoms with Gasteiger partial charge in [0.05, 0.1) is 10.8 Å². The first-order valence-electron chi connectivity index (χ1n) is 8.50. The Morgan fingerprint density at radius 2 is 1.89 bits per heavy atom.